The average Bonchev–Trinajstić information content (AvgIpc) is 3.00. The summed E-state index contributed by atoms with van der Waals surface area (Å²) < 4.78 is 30.7. The van der Waals surface area contributed by atoms with Crippen LogP contribution in [0.2, 0.25) is 0 Å². The van der Waals surface area contributed by atoms with E-state index >= 15 is 0 Å². The van der Waals surface area contributed by atoms with Crippen molar-refractivity contribution >= 4 is 27.7 Å². The van der Waals surface area contributed by atoms with Crippen LogP contribution in [0.1, 0.15) is 58.1 Å². The van der Waals surface area contributed by atoms with Crippen molar-refractivity contribution < 1.29 is 33.3 Å². The second kappa shape index (κ2) is 19.7. The number of aliphatic hydroxyl groups is 1. The molecule has 0 aliphatic rings. The average molecular weight is 683 g/mol. The molecule has 0 aliphatic carbocycles. The summed E-state index contributed by atoms with van der Waals surface area (Å²) >= 11 is 3.49. The molecular formula is C33H49BrFN3O6. The van der Waals surface area contributed by atoms with Crippen LogP contribution in [-0.2, 0) is 32.2 Å². The monoisotopic (exact) mass is 681 g/mol. The third-order valence-corrected chi connectivity index (χ3v) is 8.28. The Morgan fingerprint density at radius 3 is 2.36 bits per heavy atom. The summed E-state index contributed by atoms with van der Waals surface area (Å²) in [5.74, 6) is -1.09. The normalized spacial score (nSPS) is 14.9. The number of carbonyl (C=O) groups excluding carboxylic acids is 2. The van der Waals surface area contributed by atoms with Crippen molar-refractivity contribution in [2.24, 2.45) is 23.5 Å². The van der Waals surface area contributed by atoms with Crippen LogP contribution in [0.5, 0.6) is 5.75 Å². The van der Waals surface area contributed by atoms with E-state index in [1.807, 2.05) is 45.9 Å². The molecule has 11 heteroatoms. The van der Waals surface area contributed by atoms with E-state index in [9.17, 15) is 19.1 Å². The molecule has 0 aromatic heterocycles. The molecule has 0 radical (unpaired) electrons. The van der Waals surface area contributed by atoms with Gasteiger partial charge in [0, 0.05) is 32.6 Å². The molecule has 0 bridgehead atoms. The maximum atomic E-state index is 13.4. The zero-order valence-corrected chi connectivity index (χ0v) is 28.1. The third kappa shape index (κ3) is 12.8. The van der Waals surface area contributed by atoms with Gasteiger partial charge in [-0.05, 0) is 69.6 Å². The molecule has 9 nitrogen and oxygen atoms in total. The summed E-state index contributed by atoms with van der Waals surface area (Å²) in [4.78, 5) is 26.5. The first-order valence-corrected chi connectivity index (χ1v) is 16.0. The highest BCUT2D eigenvalue weighted by atomic mass is 79.9. The van der Waals surface area contributed by atoms with Gasteiger partial charge in [-0.3, -0.25) is 9.59 Å². The predicted octanol–water partition coefficient (Wildman–Crippen LogP) is 4.72. The second-order valence-corrected chi connectivity index (χ2v) is 12.4. The quantitative estimate of drug-likeness (QED) is 0.149. The van der Waals surface area contributed by atoms with Gasteiger partial charge < -0.3 is 35.7 Å². The van der Waals surface area contributed by atoms with E-state index in [2.05, 4.69) is 26.6 Å². The number of amides is 2. The fourth-order valence-electron chi connectivity index (χ4n) is 4.54. The van der Waals surface area contributed by atoms with Crippen LogP contribution in [-0.4, -0.2) is 62.0 Å². The van der Waals surface area contributed by atoms with Gasteiger partial charge in [0.05, 0.1) is 36.4 Å². The Morgan fingerprint density at radius 1 is 1.05 bits per heavy atom. The number of halogens is 2. The SMILES string of the molecule is CC[C@H](C)[C@H](NC(=O)[C@@H](C[C@H](O)[C@@H](N)COCc1ccc(Br)c(OCCCOC)c1)C(C)C)C(=O)NCc1ccc(F)cc1. The molecule has 0 spiro atoms. The van der Waals surface area contributed by atoms with Crippen LogP contribution in [0.4, 0.5) is 4.39 Å². The van der Waals surface area contributed by atoms with Crippen molar-refractivity contribution in [1.29, 1.82) is 0 Å². The minimum atomic E-state index is -0.993. The van der Waals surface area contributed by atoms with E-state index in [1.165, 1.54) is 12.1 Å². The van der Waals surface area contributed by atoms with Crippen LogP contribution in [0.3, 0.4) is 0 Å². The Hall–Kier alpha value is -2.57. The van der Waals surface area contributed by atoms with E-state index in [4.69, 9.17) is 19.9 Å². The van der Waals surface area contributed by atoms with Crippen LogP contribution in [0.15, 0.2) is 46.9 Å². The minimum absolute atomic E-state index is 0.0922. The van der Waals surface area contributed by atoms with Crippen molar-refractivity contribution in [2.45, 2.75) is 78.3 Å². The van der Waals surface area contributed by atoms with Crippen LogP contribution in [0.25, 0.3) is 0 Å². The maximum Gasteiger partial charge on any atom is 0.243 e. The van der Waals surface area contributed by atoms with Crippen molar-refractivity contribution in [1.82, 2.24) is 10.6 Å². The first-order chi connectivity index (χ1) is 21.0. The molecule has 44 heavy (non-hydrogen) atoms. The summed E-state index contributed by atoms with van der Waals surface area (Å²) in [6.07, 6.45) is 0.573. The summed E-state index contributed by atoms with van der Waals surface area (Å²) in [6.45, 7) is 9.37. The lowest BCUT2D eigenvalue weighted by Crippen LogP contribution is -2.52. The first kappa shape index (κ1) is 37.6. The number of carbonyl (C=O) groups is 2. The minimum Gasteiger partial charge on any atom is -0.492 e. The molecule has 246 valence electrons. The first-order valence-electron chi connectivity index (χ1n) is 15.2. The molecule has 0 aliphatic heterocycles. The van der Waals surface area contributed by atoms with Gasteiger partial charge in [0.15, 0.2) is 0 Å². The Bertz CT molecular complexity index is 1150. The zero-order chi connectivity index (χ0) is 32.6. The van der Waals surface area contributed by atoms with E-state index in [0.717, 1.165) is 22.0 Å². The molecule has 5 N–H and O–H groups in total. The van der Waals surface area contributed by atoms with Crippen molar-refractivity contribution in [2.75, 3.05) is 26.9 Å². The van der Waals surface area contributed by atoms with Gasteiger partial charge in [-0.1, -0.05) is 52.3 Å². The summed E-state index contributed by atoms with van der Waals surface area (Å²) in [5.41, 5.74) is 7.91. The lowest BCUT2D eigenvalue weighted by atomic mass is 9.86. The number of ether oxygens (including phenoxy) is 3. The number of nitrogens with two attached hydrogens (primary N) is 1. The van der Waals surface area contributed by atoms with Crippen LogP contribution < -0.4 is 21.1 Å². The highest BCUT2D eigenvalue weighted by molar-refractivity contribution is 9.10. The smallest absolute Gasteiger partial charge is 0.243 e. The van der Waals surface area contributed by atoms with E-state index in [-0.39, 0.29) is 55.6 Å². The van der Waals surface area contributed by atoms with Gasteiger partial charge >= 0.3 is 0 Å². The molecule has 0 saturated carbocycles. The Labute approximate surface area is 269 Å². The number of nitrogens with one attached hydrogen (secondary N) is 2. The van der Waals surface area contributed by atoms with Gasteiger partial charge in [-0.2, -0.15) is 0 Å². The Kier molecular flexibility index (Phi) is 16.9. The lowest BCUT2D eigenvalue weighted by molar-refractivity contribution is -0.134. The standard InChI is InChI=1S/C33H49BrFN3O6/c1-6-22(4)31(33(41)37-18-23-8-11-25(35)12-9-23)38-32(40)26(21(2)3)17-29(39)28(36)20-43-19-24-10-13-27(34)30(16-24)44-15-7-14-42-5/h8-13,16,21-22,26,28-29,31,39H,6-7,14-15,17-20,36H2,1-5H3,(H,37,41)(H,38,40)/t22-,26-,28-,29-,31-/m0/s1. The fourth-order valence-corrected chi connectivity index (χ4v) is 4.90. The molecule has 2 rings (SSSR count). The number of rotatable bonds is 20. The summed E-state index contributed by atoms with van der Waals surface area (Å²) in [6, 6.07) is 10.1. The zero-order valence-electron chi connectivity index (χ0n) is 26.5. The van der Waals surface area contributed by atoms with Crippen LogP contribution >= 0.6 is 15.9 Å². The molecule has 0 fully saturated rings. The third-order valence-electron chi connectivity index (χ3n) is 7.63. The molecule has 2 aromatic carbocycles. The number of aliphatic hydroxyl groups excluding tert-OH is 1. The fraction of sp³-hybridized carbons (Fsp3) is 0.576. The molecule has 5 atom stereocenters. The molecular weight excluding hydrogens is 633 g/mol. The number of hydrogen-bond acceptors (Lipinski definition) is 7. The van der Waals surface area contributed by atoms with Crippen molar-refractivity contribution in [3.63, 3.8) is 0 Å². The topological polar surface area (TPSA) is 132 Å². The van der Waals surface area contributed by atoms with E-state index in [1.54, 1.807) is 19.2 Å². The number of benzene rings is 2. The number of methoxy groups -OCH3 is 1. The molecule has 2 aromatic rings. The van der Waals surface area contributed by atoms with E-state index in [0.29, 0.717) is 25.4 Å². The van der Waals surface area contributed by atoms with Gasteiger partial charge in [-0.15, -0.1) is 0 Å². The molecule has 0 heterocycles. The highest BCUT2D eigenvalue weighted by Gasteiger charge is 2.32. The maximum absolute atomic E-state index is 13.4. The Morgan fingerprint density at radius 2 is 1.73 bits per heavy atom. The number of hydrogen-bond donors (Lipinski definition) is 4. The lowest BCUT2D eigenvalue weighted by Gasteiger charge is -2.29. The molecule has 0 saturated heterocycles. The van der Waals surface area contributed by atoms with Gasteiger partial charge in [0.25, 0.3) is 0 Å². The summed E-state index contributed by atoms with van der Waals surface area (Å²) in [7, 11) is 1.65. The van der Waals surface area contributed by atoms with Gasteiger partial charge in [0.2, 0.25) is 11.8 Å². The van der Waals surface area contributed by atoms with E-state index < -0.39 is 24.1 Å². The van der Waals surface area contributed by atoms with Crippen LogP contribution in [0, 0.1) is 23.6 Å². The Balaban J connectivity index is 1.92. The predicted molar refractivity (Wildman–Crippen MR) is 172 cm³/mol. The van der Waals surface area contributed by atoms with Gasteiger partial charge in [0.1, 0.15) is 17.6 Å². The second-order valence-electron chi connectivity index (χ2n) is 11.5. The molecule has 0 unspecified atom stereocenters. The summed E-state index contributed by atoms with van der Waals surface area (Å²) in [5, 5.41) is 16.7. The van der Waals surface area contributed by atoms with Gasteiger partial charge in [-0.25, -0.2) is 4.39 Å². The highest BCUT2D eigenvalue weighted by Crippen LogP contribution is 2.27. The van der Waals surface area contributed by atoms with Crippen molar-refractivity contribution in [3.05, 3.63) is 63.9 Å². The van der Waals surface area contributed by atoms with Crippen molar-refractivity contribution in [3.8, 4) is 5.75 Å². The molecule has 2 amide bonds. The largest absolute Gasteiger partial charge is 0.492 e.